The number of urea groups is 1. The van der Waals surface area contributed by atoms with Gasteiger partial charge in [0.05, 0.1) is 19.8 Å². The van der Waals surface area contributed by atoms with E-state index in [1.54, 1.807) is 78.6 Å². The van der Waals surface area contributed by atoms with E-state index in [2.05, 4.69) is 5.32 Å². The van der Waals surface area contributed by atoms with Crippen molar-refractivity contribution in [3.05, 3.63) is 118 Å². The zero-order valence-corrected chi connectivity index (χ0v) is 26.9. The molecule has 0 saturated heterocycles. The van der Waals surface area contributed by atoms with Crippen molar-refractivity contribution in [2.75, 3.05) is 38.2 Å². The van der Waals surface area contributed by atoms with Crippen LogP contribution in [0, 0.1) is 0 Å². The Balaban J connectivity index is 1.33. The van der Waals surface area contributed by atoms with Crippen molar-refractivity contribution >= 4 is 40.9 Å². The lowest BCUT2D eigenvalue weighted by molar-refractivity contribution is -0.149. The Hall–Kier alpha value is -4.28. The molecule has 1 unspecified atom stereocenters. The number of nitrogens with zero attached hydrogens (tertiary/aromatic N) is 1. The number of amides is 2. The number of para-hydroxylation sites is 1. The van der Waals surface area contributed by atoms with Crippen LogP contribution in [0.3, 0.4) is 0 Å². The van der Waals surface area contributed by atoms with E-state index >= 15 is 0 Å². The molecule has 0 heterocycles. The molecule has 46 heavy (non-hydrogen) atoms. The number of carboxylic acid groups (broad SMARTS) is 1. The van der Waals surface area contributed by atoms with Crippen LogP contribution in [-0.2, 0) is 27.3 Å². The van der Waals surface area contributed by atoms with Crippen LogP contribution >= 0.6 is 23.2 Å². The molecule has 0 spiro atoms. The molecule has 0 saturated carbocycles. The van der Waals surface area contributed by atoms with E-state index in [1.807, 2.05) is 30.3 Å². The van der Waals surface area contributed by atoms with Gasteiger partial charge in [-0.25, -0.2) is 9.59 Å². The SMILES string of the molecule is CCOC(Cc1ccc(OCCN(CCOCc2cc(Cl)cc(Cl)c2)C(=O)Nc2ccc(Oc3ccccc3)cc2)cc1)C(=O)O. The Morgan fingerprint density at radius 3 is 2.09 bits per heavy atom. The van der Waals surface area contributed by atoms with E-state index < -0.39 is 12.1 Å². The average molecular weight is 668 g/mol. The van der Waals surface area contributed by atoms with Crippen LogP contribution in [0.15, 0.2) is 97.1 Å². The van der Waals surface area contributed by atoms with Gasteiger partial charge in [0.1, 0.15) is 23.9 Å². The molecule has 4 aromatic rings. The molecule has 2 N–H and O–H groups in total. The highest BCUT2D eigenvalue weighted by molar-refractivity contribution is 6.34. The van der Waals surface area contributed by atoms with Gasteiger partial charge >= 0.3 is 12.0 Å². The first-order valence-corrected chi connectivity index (χ1v) is 15.5. The van der Waals surface area contributed by atoms with Crippen LogP contribution < -0.4 is 14.8 Å². The van der Waals surface area contributed by atoms with Crippen molar-refractivity contribution < 1.29 is 33.6 Å². The number of hydrogen-bond donors (Lipinski definition) is 2. The van der Waals surface area contributed by atoms with Crippen molar-refractivity contribution in [3.8, 4) is 17.2 Å². The first-order valence-electron chi connectivity index (χ1n) is 14.8. The van der Waals surface area contributed by atoms with Gasteiger partial charge in [-0.05, 0) is 84.8 Å². The first kappa shape index (κ1) is 34.6. The maximum absolute atomic E-state index is 13.3. The smallest absolute Gasteiger partial charge is 0.333 e. The monoisotopic (exact) mass is 666 g/mol. The molecule has 0 radical (unpaired) electrons. The number of carbonyl (C=O) groups excluding carboxylic acids is 1. The van der Waals surface area contributed by atoms with E-state index in [4.69, 9.17) is 42.1 Å². The fraction of sp³-hybridized carbons (Fsp3) is 0.257. The number of carboxylic acids is 1. The number of carbonyl (C=O) groups is 2. The predicted molar refractivity (Wildman–Crippen MR) is 178 cm³/mol. The highest BCUT2D eigenvalue weighted by Gasteiger charge is 2.18. The summed E-state index contributed by atoms with van der Waals surface area (Å²) >= 11 is 12.2. The fourth-order valence-electron chi connectivity index (χ4n) is 4.44. The van der Waals surface area contributed by atoms with Crippen molar-refractivity contribution in [1.82, 2.24) is 4.90 Å². The Labute approximate surface area is 278 Å². The lowest BCUT2D eigenvalue weighted by atomic mass is 10.1. The maximum atomic E-state index is 13.3. The van der Waals surface area contributed by atoms with Crippen LogP contribution in [0.5, 0.6) is 17.2 Å². The number of ether oxygens (including phenoxy) is 4. The van der Waals surface area contributed by atoms with Crippen LogP contribution in [-0.4, -0.2) is 61.0 Å². The molecular formula is C35H36Cl2N2O7. The summed E-state index contributed by atoms with van der Waals surface area (Å²) in [6.45, 7) is 3.42. The van der Waals surface area contributed by atoms with E-state index in [0.29, 0.717) is 40.4 Å². The summed E-state index contributed by atoms with van der Waals surface area (Å²) < 4.78 is 22.9. The molecule has 0 aliphatic heterocycles. The Morgan fingerprint density at radius 1 is 0.804 bits per heavy atom. The van der Waals surface area contributed by atoms with E-state index in [1.165, 1.54) is 0 Å². The summed E-state index contributed by atoms with van der Waals surface area (Å²) in [5, 5.41) is 13.3. The Morgan fingerprint density at radius 2 is 1.43 bits per heavy atom. The van der Waals surface area contributed by atoms with Gasteiger partial charge < -0.3 is 34.3 Å². The molecule has 0 aromatic heterocycles. The second kappa shape index (κ2) is 18.0. The van der Waals surface area contributed by atoms with Crippen molar-refractivity contribution in [2.45, 2.75) is 26.1 Å². The number of halogens is 2. The number of hydrogen-bond acceptors (Lipinski definition) is 6. The average Bonchev–Trinajstić information content (AvgIpc) is 3.03. The third kappa shape index (κ3) is 11.6. The summed E-state index contributed by atoms with van der Waals surface area (Å²) in [4.78, 5) is 26.3. The molecule has 4 rings (SSSR count). The number of benzene rings is 4. The third-order valence-corrected chi connectivity index (χ3v) is 7.12. The van der Waals surface area contributed by atoms with E-state index in [-0.39, 0.29) is 38.8 Å². The zero-order valence-electron chi connectivity index (χ0n) is 25.4. The Bertz CT molecular complexity index is 1520. The van der Waals surface area contributed by atoms with Gasteiger partial charge in [-0.15, -0.1) is 0 Å². The van der Waals surface area contributed by atoms with Gasteiger partial charge in [-0.3, -0.25) is 0 Å². The summed E-state index contributed by atoms with van der Waals surface area (Å²) in [6, 6.07) is 28.6. The third-order valence-electron chi connectivity index (χ3n) is 6.69. The van der Waals surface area contributed by atoms with Crippen LogP contribution in [0.2, 0.25) is 10.0 Å². The second-order valence-electron chi connectivity index (χ2n) is 10.2. The molecular weight excluding hydrogens is 631 g/mol. The van der Waals surface area contributed by atoms with Gasteiger partial charge in [0, 0.05) is 35.3 Å². The summed E-state index contributed by atoms with van der Waals surface area (Å²) in [7, 11) is 0. The van der Waals surface area contributed by atoms with Crippen molar-refractivity contribution in [2.24, 2.45) is 0 Å². The Kier molecular flexibility index (Phi) is 13.5. The van der Waals surface area contributed by atoms with Crippen LogP contribution in [0.1, 0.15) is 18.1 Å². The normalized spacial score (nSPS) is 11.5. The number of aliphatic carboxylic acids is 1. The molecule has 2 amide bonds. The predicted octanol–water partition coefficient (Wildman–Crippen LogP) is 7.95. The van der Waals surface area contributed by atoms with E-state index in [9.17, 15) is 14.7 Å². The molecule has 9 nitrogen and oxygen atoms in total. The number of rotatable bonds is 17. The second-order valence-corrected chi connectivity index (χ2v) is 11.0. The summed E-state index contributed by atoms with van der Waals surface area (Å²) in [5.41, 5.74) is 2.25. The van der Waals surface area contributed by atoms with Crippen LogP contribution in [0.25, 0.3) is 0 Å². The fourth-order valence-corrected chi connectivity index (χ4v) is 5.01. The largest absolute Gasteiger partial charge is 0.492 e. The van der Waals surface area contributed by atoms with Crippen molar-refractivity contribution in [3.63, 3.8) is 0 Å². The quantitative estimate of drug-likeness (QED) is 0.110. The molecule has 0 fully saturated rings. The molecule has 1 atom stereocenters. The molecule has 0 aliphatic carbocycles. The summed E-state index contributed by atoms with van der Waals surface area (Å²) in [5.74, 6) is 0.953. The minimum absolute atomic E-state index is 0.219. The topological polar surface area (TPSA) is 107 Å². The minimum Gasteiger partial charge on any atom is -0.492 e. The molecule has 11 heteroatoms. The number of nitrogens with one attached hydrogen (secondary N) is 1. The highest BCUT2D eigenvalue weighted by Crippen LogP contribution is 2.23. The van der Waals surface area contributed by atoms with E-state index in [0.717, 1.165) is 16.9 Å². The lowest BCUT2D eigenvalue weighted by Crippen LogP contribution is -2.40. The minimum atomic E-state index is -1.00. The summed E-state index contributed by atoms with van der Waals surface area (Å²) in [6.07, 6.45) is -0.660. The maximum Gasteiger partial charge on any atom is 0.333 e. The molecule has 4 aromatic carbocycles. The highest BCUT2D eigenvalue weighted by atomic mass is 35.5. The molecule has 242 valence electrons. The first-order chi connectivity index (χ1) is 22.3. The zero-order chi connectivity index (χ0) is 32.7. The van der Waals surface area contributed by atoms with Crippen molar-refractivity contribution in [1.29, 1.82) is 0 Å². The van der Waals surface area contributed by atoms with Gasteiger partial charge in [0.2, 0.25) is 0 Å². The van der Waals surface area contributed by atoms with Gasteiger partial charge in [-0.2, -0.15) is 0 Å². The van der Waals surface area contributed by atoms with Crippen LogP contribution in [0.4, 0.5) is 10.5 Å². The van der Waals surface area contributed by atoms with Gasteiger partial charge in [0.25, 0.3) is 0 Å². The number of anilines is 1. The van der Waals surface area contributed by atoms with Gasteiger partial charge in [0.15, 0.2) is 6.10 Å². The van der Waals surface area contributed by atoms with Gasteiger partial charge in [-0.1, -0.05) is 53.5 Å². The standard InChI is InChI=1S/C35H36Cl2N2O7/c1-2-44-33(34(40)41)22-25-8-12-30(13-9-25)45-19-17-39(16-18-43-24-26-20-27(36)23-28(37)21-26)35(42)38-29-10-14-32(15-11-29)46-31-6-4-3-5-7-31/h3-15,20-21,23,33H,2,16-19,22,24H2,1H3,(H,38,42)(H,40,41). The lowest BCUT2D eigenvalue weighted by Gasteiger charge is -2.23. The molecule has 0 aliphatic rings. The molecule has 0 bridgehead atoms.